The second-order valence-corrected chi connectivity index (χ2v) is 7.59. The molecule has 3 rings (SSSR count). The number of hydrogen-bond donors (Lipinski definition) is 0. The van der Waals surface area contributed by atoms with E-state index in [0.29, 0.717) is 17.9 Å². The highest BCUT2D eigenvalue weighted by atomic mass is 32.2. The lowest BCUT2D eigenvalue weighted by Crippen LogP contribution is -2.39. The summed E-state index contributed by atoms with van der Waals surface area (Å²) in [5.74, 6) is 0.148. The van der Waals surface area contributed by atoms with Gasteiger partial charge in [-0.2, -0.15) is 13.5 Å². The molecule has 0 unspecified atom stereocenters. The molecule has 1 aliphatic heterocycles. The summed E-state index contributed by atoms with van der Waals surface area (Å²) in [5.41, 5.74) is 1.44. The number of benzene rings is 1. The van der Waals surface area contributed by atoms with E-state index in [4.69, 9.17) is 0 Å². The maximum Gasteiger partial charge on any atom is 0.285 e. The zero-order valence-corrected chi connectivity index (χ0v) is 15.1. The van der Waals surface area contributed by atoms with Gasteiger partial charge in [0.2, 0.25) is 5.91 Å². The SMILES string of the molecule is CN(Cc1cnn(C)c1)C(=O)CN(C)C1=NS(=O)(=O)c2ccccc21. The van der Waals surface area contributed by atoms with E-state index in [-0.39, 0.29) is 17.3 Å². The highest BCUT2D eigenvalue weighted by Crippen LogP contribution is 2.26. The molecular weight excluding hydrogens is 342 g/mol. The maximum atomic E-state index is 12.4. The van der Waals surface area contributed by atoms with Gasteiger partial charge in [0.05, 0.1) is 12.7 Å². The lowest BCUT2D eigenvalue weighted by atomic mass is 10.2. The fraction of sp³-hybridized carbons (Fsp3) is 0.312. The Morgan fingerprint density at radius 3 is 2.64 bits per heavy atom. The van der Waals surface area contributed by atoms with Crippen molar-refractivity contribution >= 4 is 21.8 Å². The first-order valence-electron chi connectivity index (χ1n) is 7.65. The fourth-order valence-corrected chi connectivity index (χ4v) is 3.93. The molecule has 0 N–H and O–H groups in total. The van der Waals surface area contributed by atoms with Crippen LogP contribution in [0.1, 0.15) is 11.1 Å². The molecule has 0 spiro atoms. The molecular formula is C16H19N5O3S. The molecule has 2 heterocycles. The van der Waals surface area contributed by atoms with Crippen molar-refractivity contribution in [2.24, 2.45) is 11.4 Å². The Balaban J connectivity index is 1.72. The number of aryl methyl sites for hydroxylation is 1. The summed E-state index contributed by atoms with van der Waals surface area (Å²) in [6, 6.07) is 6.62. The predicted molar refractivity (Wildman–Crippen MR) is 92.5 cm³/mol. The van der Waals surface area contributed by atoms with E-state index in [2.05, 4.69) is 9.50 Å². The lowest BCUT2D eigenvalue weighted by Gasteiger charge is -2.22. The van der Waals surface area contributed by atoms with Crippen LogP contribution in [0.4, 0.5) is 0 Å². The molecule has 0 fully saturated rings. The molecule has 1 aromatic carbocycles. The molecule has 1 amide bonds. The van der Waals surface area contributed by atoms with E-state index >= 15 is 0 Å². The van der Waals surface area contributed by atoms with E-state index in [1.54, 1.807) is 53.0 Å². The maximum absolute atomic E-state index is 12.4. The molecule has 25 heavy (non-hydrogen) atoms. The first-order valence-corrected chi connectivity index (χ1v) is 9.09. The Morgan fingerprint density at radius 1 is 1.24 bits per heavy atom. The molecule has 8 nitrogen and oxygen atoms in total. The van der Waals surface area contributed by atoms with Gasteiger partial charge in [-0.05, 0) is 12.1 Å². The second-order valence-electron chi connectivity index (χ2n) is 6.01. The van der Waals surface area contributed by atoms with E-state index in [1.165, 1.54) is 6.07 Å². The van der Waals surface area contributed by atoms with Crippen LogP contribution in [0.5, 0.6) is 0 Å². The minimum atomic E-state index is -3.69. The second kappa shape index (κ2) is 6.32. The van der Waals surface area contributed by atoms with E-state index in [1.807, 2.05) is 13.2 Å². The van der Waals surface area contributed by atoms with Crippen molar-refractivity contribution in [1.82, 2.24) is 19.6 Å². The van der Waals surface area contributed by atoms with Crippen LogP contribution < -0.4 is 0 Å². The Hall–Kier alpha value is -2.68. The number of rotatable bonds is 4. The van der Waals surface area contributed by atoms with Crippen LogP contribution in [0.3, 0.4) is 0 Å². The number of carbonyl (C=O) groups is 1. The molecule has 0 saturated heterocycles. The van der Waals surface area contributed by atoms with Crippen molar-refractivity contribution in [2.75, 3.05) is 20.6 Å². The van der Waals surface area contributed by atoms with Crippen LogP contribution in [0.25, 0.3) is 0 Å². The third kappa shape index (κ3) is 3.41. The third-order valence-corrected chi connectivity index (χ3v) is 5.28. The summed E-state index contributed by atoms with van der Waals surface area (Å²) in [4.78, 5) is 15.8. The van der Waals surface area contributed by atoms with Gasteiger partial charge < -0.3 is 9.80 Å². The van der Waals surface area contributed by atoms with Gasteiger partial charge in [0.25, 0.3) is 10.0 Å². The van der Waals surface area contributed by atoms with E-state index < -0.39 is 10.0 Å². The summed E-state index contributed by atoms with van der Waals surface area (Å²) in [6.45, 7) is 0.460. The Kier molecular flexibility index (Phi) is 4.34. The van der Waals surface area contributed by atoms with Gasteiger partial charge in [-0.3, -0.25) is 9.48 Å². The molecule has 2 aromatic rings. The van der Waals surface area contributed by atoms with Crippen molar-refractivity contribution in [3.63, 3.8) is 0 Å². The van der Waals surface area contributed by atoms with Gasteiger partial charge in [0.15, 0.2) is 5.84 Å². The molecule has 0 saturated carbocycles. The molecule has 9 heteroatoms. The number of amidine groups is 1. The first kappa shape index (κ1) is 17.2. The highest BCUT2D eigenvalue weighted by Gasteiger charge is 2.31. The van der Waals surface area contributed by atoms with Gasteiger partial charge in [-0.15, -0.1) is 4.40 Å². The fourth-order valence-electron chi connectivity index (χ4n) is 2.68. The normalized spacial score (nSPS) is 14.8. The monoisotopic (exact) mass is 361 g/mol. The zero-order valence-electron chi connectivity index (χ0n) is 14.2. The van der Waals surface area contributed by atoms with Crippen molar-refractivity contribution in [1.29, 1.82) is 0 Å². The largest absolute Gasteiger partial charge is 0.349 e. The average molecular weight is 361 g/mol. The lowest BCUT2D eigenvalue weighted by molar-refractivity contribution is -0.130. The molecule has 0 radical (unpaired) electrons. The van der Waals surface area contributed by atoms with E-state index in [9.17, 15) is 13.2 Å². The van der Waals surface area contributed by atoms with Crippen LogP contribution in [0.2, 0.25) is 0 Å². The highest BCUT2D eigenvalue weighted by molar-refractivity contribution is 7.90. The summed E-state index contributed by atoms with van der Waals surface area (Å²) in [6.07, 6.45) is 3.55. The summed E-state index contributed by atoms with van der Waals surface area (Å²) in [5, 5.41) is 4.08. The van der Waals surface area contributed by atoms with Crippen molar-refractivity contribution in [3.05, 3.63) is 47.8 Å². The van der Waals surface area contributed by atoms with Crippen molar-refractivity contribution < 1.29 is 13.2 Å². The topological polar surface area (TPSA) is 87.9 Å². The number of sulfonamides is 1. The van der Waals surface area contributed by atoms with Crippen LogP contribution in [-0.4, -0.2) is 60.4 Å². The predicted octanol–water partition coefficient (Wildman–Crippen LogP) is 0.459. The van der Waals surface area contributed by atoms with Crippen molar-refractivity contribution in [3.8, 4) is 0 Å². The number of likely N-dealkylation sites (N-methyl/N-ethyl adjacent to an activating group) is 2. The van der Waals surface area contributed by atoms with Gasteiger partial charge in [-0.1, -0.05) is 12.1 Å². The molecule has 0 aliphatic carbocycles. The number of hydrogen-bond acceptors (Lipinski definition) is 5. The minimum Gasteiger partial charge on any atom is -0.349 e. The van der Waals surface area contributed by atoms with Crippen molar-refractivity contribution in [2.45, 2.75) is 11.4 Å². The average Bonchev–Trinajstić information content (AvgIpc) is 3.08. The smallest absolute Gasteiger partial charge is 0.285 e. The third-order valence-electron chi connectivity index (χ3n) is 3.95. The van der Waals surface area contributed by atoms with Crippen LogP contribution in [-0.2, 0) is 28.4 Å². The molecule has 0 bridgehead atoms. The van der Waals surface area contributed by atoms with Crippen LogP contribution in [0, 0.1) is 0 Å². The molecule has 132 valence electrons. The molecule has 0 atom stereocenters. The minimum absolute atomic E-state index is 0.0272. The number of nitrogens with zero attached hydrogens (tertiary/aromatic N) is 5. The van der Waals surface area contributed by atoms with Gasteiger partial charge in [-0.25, -0.2) is 0 Å². The number of fused-ring (bicyclic) bond motifs is 1. The van der Waals surface area contributed by atoms with Crippen LogP contribution in [0.15, 0.2) is 46.0 Å². The quantitative estimate of drug-likeness (QED) is 0.789. The summed E-state index contributed by atoms with van der Waals surface area (Å²) < 4.78 is 29.7. The molecule has 1 aliphatic rings. The Bertz CT molecular complexity index is 948. The van der Waals surface area contributed by atoms with Gasteiger partial charge in [0.1, 0.15) is 4.90 Å². The molecule has 1 aromatic heterocycles. The summed E-state index contributed by atoms with van der Waals surface area (Å²) >= 11 is 0. The Labute approximate surface area is 146 Å². The number of carbonyl (C=O) groups excluding carboxylic acids is 1. The van der Waals surface area contributed by atoms with Gasteiger partial charge >= 0.3 is 0 Å². The van der Waals surface area contributed by atoms with Crippen LogP contribution >= 0.6 is 0 Å². The van der Waals surface area contributed by atoms with E-state index in [0.717, 1.165) is 5.56 Å². The summed E-state index contributed by atoms with van der Waals surface area (Å²) in [7, 11) is 1.48. The Morgan fingerprint density at radius 2 is 1.96 bits per heavy atom. The number of aromatic nitrogens is 2. The van der Waals surface area contributed by atoms with Gasteiger partial charge in [0, 0.05) is 45.0 Å². The number of amides is 1. The first-order chi connectivity index (χ1) is 11.8. The zero-order chi connectivity index (χ0) is 18.2. The standard InChI is InChI=1S/C16H19N5O3S/c1-19(9-12-8-17-21(3)10-12)15(22)11-20(2)16-13-6-4-5-7-14(13)25(23,24)18-16/h4-8,10H,9,11H2,1-3H3.